The summed E-state index contributed by atoms with van der Waals surface area (Å²) in [4.78, 5) is 10.3. The van der Waals surface area contributed by atoms with Crippen molar-refractivity contribution < 1.29 is 4.79 Å². The number of benzene rings is 1. The number of carbonyl (C=O) groups excluding carboxylic acids is 1. The predicted octanol–water partition coefficient (Wildman–Crippen LogP) is 0.449. The van der Waals surface area contributed by atoms with Gasteiger partial charge in [0.15, 0.2) is 0 Å². The number of rotatable bonds is 3. The fraction of sp³-hybridized carbons (Fsp3) is 0. The van der Waals surface area contributed by atoms with Crippen LogP contribution in [-0.2, 0) is 0 Å². The Balaban J connectivity index is 2.68. The average Bonchev–Trinajstić information content (AvgIpc) is 2.25. The van der Waals surface area contributed by atoms with Crippen LogP contribution < -0.4 is 22.6 Å². The number of primary amides is 1. The molecular weight excluding hydrogens is 210 g/mol. The van der Waals surface area contributed by atoms with Crippen molar-refractivity contribution >= 4 is 23.4 Å². The Kier molecular flexibility index (Phi) is 3.78. The molecule has 2 amide bonds. The van der Waals surface area contributed by atoms with E-state index in [1.165, 1.54) is 0 Å². The fourth-order valence-corrected chi connectivity index (χ4v) is 0.839. The first-order valence-corrected chi connectivity index (χ1v) is 4.24. The quantitative estimate of drug-likeness (QED) is 0.254. The summed E-state index contributed by atoms with van der Waals surface area (Å²) in [5, 5.41) is 10.3. The second-order valence-electron chi connectivity index (χ2n) is 2.73. The number of hydrogen-bond acceptors (Lipinski definition) is 4. The molecule has 0 aliphatic heterocycles. The molecule has 0 spiro atoms. The number of urea groups is 1. The average molecular weight is 221 g/mol. The van der Waals surface area contributed by atoms with E-state index < -0.39 is 6.03 Å². The second-order valence-corrected chi connectivity index (χ2v) is 2.73. The molecule has 1 rings (SSSR count). The molecule has 1 aromatic carbocycles. The number of azo groups is 1. The largest absolute Gasteiger partial charge is 0.369 e. The van der Waals surface area contributed by atoms with E-state index in [9.17, 15) is 4.79 Å². The van der Waals surface area contributed by atoms with Crippen LogP contribution in [0.1, 0.15) is 0 Å². The number of nitrogens with one attached hydrogen (secondary N) is 1. The van der Waals surface area contributed by atoms with Crippen molar-refractivity contribution in [3.05, 3.63) is 24.3 Å². The van der Waals surface area contributed by atoms with Crippen molar-refractivity contribution in [1.29, 1.82) is 0 Å². The van der Waals surface area contributed by atoms with E-state index in [2.05, 4.69) is 20.8 Å². The number of nitrogens with two attached hydrogens (primary N) is 3. The molecule has 0 bridgehead atoms. The summed E-state index contributed by atoms with van der Waals surface area (Å²) in [6.45, 7) is 0. The third kappa shape index (κ3) is 4.05. The number of hydrazone groups is 1. The van der Waals surface area contributed by atoms with E-state index in [0.717, 1.165) is 0 Å². The van der Waals surface area contributed by atoms with Crippen LogP contribution in [0.5, 0.6) is 0 Å². The zero-order valence-electron chi connectivity index (χ0n) is 8.29. The van der Waals surface area contributed by atoms with Crippen LogP contribution in [0.15, 0.2) is 39.6 Å². The molecule has 8 nitrogen and oxygen atoms in total. The summed E-state index contributed by atoms with van der Waals surface area (Å²) >= 11 is 0. The van der Waals surface area contributed by atoms with E-state index >= 15 is 0 Å². The van der Waals surface area contributed by atoms with Gasteiger partial charge >= 0.3 is 6.03 Å². The van der Waals surface area contributed by atoms with Crippen molar-refractivity contribution in [2.75, 3.05) is 5.43 Å². The molecule has 0 saturated carbocycles. The van der Waals surface area contributed by atoms with Gasteiger partial charge in [-0.05, 0) is 24.3 Å². The lowest BCUT2D eigenvalue weighted by molar-refractivity contribution is 0.255. The van der Waals surface area contributed by atoms with Gasteiger partial charge in [0.1, 0.15) is 0 Å². The maximum atomic E-state index is 10.3. The van der Waals surface area contributed by atoms with Crippen LogP contribution in [0.3, 0.4) is 0 Å². The molecule has 16 heavy (non-hydrogen) atoms. The lowest BCUT2D eigenvalue weighted by Crippen LogP contribution is -2.23. The van der Waals surface area contributed by atoms with Gasteiger partial charge in [-0.3, -0.25) is 5.43 Å². The van der Waals surface area contributed by atoms with Gasteiger partial charge in [0.25, 0.3) is 0 Å². The van der Waals surface area contributed by atoms with Crippen molar-refractivity contribution in [3.8, 4) is 0 Å². The van der Waals surface area contributed by atoms with Gasteiger partial charge in [-0.2, -0.15) is 0 Å². The Morgan fingerprint density at radius 3 is 2.25 bits per heavy atom. The Morgan fingerprint density at radius 1 is 1.12 bits per heavy atom. The minimum Gasteiger partial charge on any atom is -0.369 e. The van der Waals surface area contributed by atoms with Crippen molar-refractivity contribution in [2.24, 2.45) is 32.5 Å². The molecule has 1 aromatic rings. The highest BCUT2D eigenvalue weighted by molar-refractivity contribution is 5.76. The minimum atomic E-state index is -0.845. The first-order chi connectivity index (χ1) is 7.58. The molecular formula is C8H11N7O. The van der Waals surface area contributed by atoms with E-state index in [1.54, 1.807) is 24.3 Å². The smallest absolute Gasteiger partial charge is 0.356 e. The van der Waals surface area contributed by atoms with Gasteiger partial charge in [0, 0.05) is 0 Å². The molecule has 0 aromatic heterocycles. The molecule has 0 saturated heterocycles. The van der Waals surface area contributed by atoms with Crippen LogP contribution in [0.2, 0.25) is 0 Å². The molecule has 7 N–H and O–H groups in total. The molecule has 8 heteroatoms. The highest BCUT2D eigenvalue weighted by Gasteiger charge is 1.93. The number of carbonyl (C=O) groups is 1. The third-order valence-corrected chi connectivity index (χ3v) is 1.45. The SMILES string of the molecule is NC(=O)N=Nc1ccc(NN=C(N)N)cc1. The van der Waals surface area contributed by atoms with E-state index in [0.29, 0.717) is 11.4 Å². The highest BCUT2D eigenvalue weighted by Crippen LogP contribution is 2.16. The summed E-state index contributed by atoms with van der Waals surface area (Å²) in [6, 6.07) is 5.74. The summed E-state index contributed by atoms with van der Waals surface area (Å²) in [5.41, 5.74) is 18.8. The van der Waals surface area contributed by atoms with Gasteiger partial charge < -0.3 is 17.2 Å². The van der Waals surface area contributed by atoms with Gasteiger partial charge in [-0.25, -0.2) is 4.79 Å². The Labute approximate surface area is 91.2 Å². The zero-order chi connectivity index (χ0) is 12.0. The Bertz CT molecular complexity index is 419. The fourth-order valence-electron chi connectivity index (χ4n) is 0.839. The predicted molar refractivity (Wildman–Crippen MR) is 60.0 cm³/mol. The third-order valence-electron chi connectivity index (χ3n) is 1.45. The van der Waals surface area contributed by atoms with Gasteiger partial charge in [0.05, 0.1) is 11.4 Å². The number of hydrogen-bond donors (Lipinski definition) is 4. The Morgan fingerprint density at radius 2 is 1.75 bits per heavy atom. The molecule has 0 aliphatic carbocycles. The normalized spacial score (nSPS) is 10.0. The molecule has 0 heterocycles. The molecule has 0 fully saturated rings. The molecule has 0 aliphatic rings. The van der Waals surface area contributed by atoms with E-state index in [1.807, 2.05) is 0 Å². The molecule has 0 radical (unpaired) electrons. The lowest BCUT2D eigenvalue weighted by atomic mass is 10.3. The van der Waals surface area contributed by atoms with Crippen molar-refractivity contribution in [1.82, 2.24) is 0 Å². The first kappa shape index (κ1) is 11.4. The molecule has 0 unspecified atom stereocenters. The summed E-state index contributed by atoms with van der Waals surface area (Å²) in [5.74, 6) is -0.0718. The number of guanidine groups is 1. The first-order valence-electron chi connectivity index (χ1n) is 4.24. The minimum absolute atomic E-state index is 0.0718. The lowest BCUT2D eigenvalue weighted by Gasteiger charge is -1.99. The standard InChI is InChI=1S/C8H11N7O/c9-7(10)14-12-5-1-3-6(4-2-5)13-15-8(11)16/h1-4,12H,(H2,11,16)(H4,9,10,14). The molecule has 84 valence electrons. The summed E-state index contributed by atoms with van der Waals surface area (Å²) < 4.78 is 0. The zero-order valence-corrected chi connectivity index (χ0v) is 8.29. The molecule has 0 atom stereocenters. The highest BCUT2D eigenvalue weighted by atomic mass is 16.2. The monoisotopic (exact) mass is 221 g/mol. The van der Waals surface area contributed by atoms with Gasteiger partial charge in [-0.1, -0.05) is 5.11 Å². The van der Waals surface area contributed by atoms with Crippen LogP contribution >= 0.6 is 0 Å². The maximum Gasteiger partial charge on any atom is 0.356 e. The number of amides is 2. The second kappa shape index (κ2) is 5.29. The van der Waals surface area contributed by atoms with Gasteiger partial charge in [-0.15, -0.1) is 10.2 Å². The van der Waals surface area contributed by atoms with E-state index in [-0.39, 0.29) is 5.96 Å². The summed E-state index contributed by atoms with van der Waals surface area (Å²) in [6.07, 6.45) is 0. The van der Waals surface area contributed by atoms with E-state index in [4.69, 9.17) is 17.2 Å². The number of anilines is 1. The van der Waals surface area contributed by atoms with Crippen molar-refractivity contribution in [2.45, 2.75) is 0 Å². The van der Waals surface area contributed by atoms with Gasteiger partial charge in [0.2, 0.25) is 5.96 Å². The maximum absolute atomic E-state index is 10.3. The van der Waals surface area contributed by atoms with Crippen molar-refractivity contribution in [3.63, 3.8) is 0 Å². The van der Waals surface area contributed by atoms with Crippen LogP contribution in [0, 0.1) is 0 Å². The van der Waals surface area contributed by atoms with Crippen LogP contribution in [0.4, 0.5) is 16.2 Å². The van der Waals surface area contributed by atoms with Crippen LogP contribution in [-0.4, -0.2) is 12.0 Å². The van der Waals surface area contributed by atoms with Crippen LogP contribution in [0.25, 0.3) is 0 Å². The number of nitrogens with zero attached hydrogens (tertiary/aromatic N) is 3. The summed E-state index contributed by atoms with van der Waals surface area (Å²) in [7, 11) is 0. The Hall–Kier alpha value is -2.64. The topological polar surface area (TPSA) is 144 Å².